The Kier molecular flexibility index (Phi) is 3.24. The zero-order valence-corrected chi connectivity index (χ0v) is 9.89. The van der Waals surface area contributed by atoms with E-state index in [-0.39, 0.29) is 17.4 Å². The van der Waals surface area contributed by atoms with Crippen LogP contribution in [-0.2, 0) is 0 Å². The van der Waals surface area contributed by atoms with E-state index in [1.807, 2.05) is 6.92 Å². The average molecular weight is 239 g/mol. The Labute approximate surface area is 99.0 Å². The summed E-state index contributed by atoms with van der Waals surface area (Å²) in [5.74, 6) is -2.14. The van der Waals surface area contributed by atoms with Crippen LogP contribution in [0, 0.1) is 30.4 Å². The van der Waals surface area contributed by atoms with Crippen molar-refractivity contribution in [2.45, 2.75) is 13.8 Å². The van der Waals surface area contributed by atoms with E-state index in [1.165, 1.54) is 13.0 Å². The zero-order chi connectivity index (χ0) is 12.6. The Morgan fingerprint density at radius 3 is 2.65 bits per heavy atom. The van der Waals surface area contributed by atoms with Crippen molar-refractivity contribution >= 4 is 5.78 Å². The number of nitrogens with one attached hydrogen (secondary N) is 1. The minimum Gasteiger partial charge on any atom is -0.316 e. The van der Waals surface area contributed by atoms with Crippen molar-refractivity contribution in [1.29, 1.82) is 0 Å². The van der Waals surface area contributed by atoms with Gasteiger partial charge in [0.05, 0.1) is 5.56 Å². The summed E-state index contributed by atoms with van der Waals surface area (Å²) in [6, 6.07) is 2.50. The molecule has 2 nitrogen and oxygen atoms in total. The fourth-order valence-corrected chi connectivity index (χ4v) is 2.23. The molecule has 2 rings (SSSR count). The van der Waals surface area contributed by atoms with Crippen molar-refractivity contribution in [1.82, 2.24) is 5.32 Å². The molecular formula is C13H15F2NO. The van der Waals surface area contributed by atoms with E-state index in [4.69, 9.17) is 0 Å². The fraction of sp³-hybridized carbons (Fsp3) is 0.462. The van der Waals surface area contributed by atoms with Gasteiger partial charge in [-0.3, -0.25) is 4.79 Å². The van der Waals surface area contributed by atoms with Gasteiger partial charge in [0.15, 0.2) is 5.78 Å². The molecule has 1 saturated heterocycles. The lowest BCUT2D eigenvalue weighted by atomic mass is 9.88. The molecule has 2 atom stereocenters. The van der Waals surface area contributed by atoms with Gasteiger partial charge in [-0.2, -0.15) is 0 Å². The molecule has 0 aliphatic carbocycles. The Hall–Kier alpha value is -1.29. The lowest BCUT2D eigenvalue weighted by molar-refractivity contribution is 0.0898. The van der Waals surface area contributed by atoms with Crippen molar-refractivity contribution in [2.24, 2.45) is 11.8 Å². The molecule has 1 aliphatic rings. The number of rotatable bonds is 2. The number of aryl methyl sites for hydroxylation is 1. The average Bonchev–Trinajstić information content (AvgIpc) is 2.70. The predicted octanol–water partition coefficient (Wildman–Crippen LogP) is 2.31. The number of ketones is 1. The topological polar surface area (TPSA) is 29.1 Å². The monoisotopic (exact) mass is 239 g/mol. The van der Waals surface area contributed by atoms with Gasteiger partial charge in [0.25, 0.3) is 0 Å². The summed E-state index contributed by atoms with van der Waals surface area (Å²) in [6.07, 6.45) is 0. The van der Waals surface area contributed by atoms with Gasteiger partial charge in [-0.1, -0.05) is 13.0 Å². The van der Waals surface area contributed by atoms with E-state index >= 15 is 0 Å². The van der Waals surface area contributed by atoms with Gasteiger partial charge >= 0.3 is 0 Å². The smallest absolute Gasteiger partial charge is 0.173 e. The zero-order valence-electron chi connectivity index (χ0n) is 9.89. The van der Waals surface area contributed by atoms with Crippen LogP contribution >= 0.6 is 0 Å². The first kappa shape index (κ1) is 12.2. The molecule has 1 aliphatic heterocycles. The number of carbonyl (C=O) groups is 1. The summed E-state index contributed by atoms with van der Waals surface area (Å²) in [6.45, 7) is 4.65. The summed E-state index contributed by atoms with van der Waals surface area (Å²) in [7, 11) is 0. The molecule has 0 spiro atoms. The molecule has 0 amide bonds. The van der Waals surface area contributed by atoms with Gasteiger partial charge in [-0.25, -0.2) is 8.78 Å². The number of benzene rings is 1. The minimum atomic E-state index is -0.766. The summed E-state index contributed by atoms with van der Waals surface area (Å²) in [4.78, 5) is 12.1. The lowest BCUT2D eigenvalue weighted by Crippen LogP contribution is -2.24. The Balaban J connectivity index is 2.40. The van der Waals surface area contributed by atoms with Crippen molar-refractivity contribution in [3.05, 3.63) is 34.9 Å². The molecule has 0 radical (unpaired) electrons. The van der Waals surface area contributed by atoms with Crippen molar-refractivity contribution < 1.29 is 13.6 Å². The van der Waals surface area contributed by atoms with Crippen molar-refractivity contribution in [3.8, 4) is 0 Å². The highest BCUT2D eigenvalue weighted by Crippen LogP contribution is 2.25. The lowest BCUT2D eigenvalue weighted by Gasteiger charge is -2.14. The molecular weight excluding hydrogens is 224 g/mol. The molecule has 1 heterocycles. The molecule has 2 unspecified atom stereocenters. The second-order valence-corrected chi connectivity index (χ2v) is 4.66. The van der Waals surface area contributed by atoms with Crippen LogP contribution in [0.1, 0.15) is 22.8 Å². The highest BCUT2D eigenvalue weighted by molar-refractivity contribution is 5.99. The van der Waals surface area contributed by atoms with Crippen LogP contribution in [0.5, 0.6) is 0 Å². The van der Waals surface area contributed by atoms with Gasteiger partial charge in [-0.15, -0.1) is 0 Å². The second-order valence-electron chi connectivity index (χ2n) is 4.66. The third kappa shape index (κ3) is 2.09. The van der Waals surface area contributed by atoms with Crippen LogP contribution in [0.2, 0.25) is 0 Å². The maximum atomic E-state index is 13.8. The van der Waals surface area contributed by atoms with Crippen molar-refractivity contribution in [3.63, 3.8) is 0 Å². The normalized spacial score (nSPS) is 24.0. The fourth-order valence-electron chi connectivity index (χ4n) is 2.23. The third-order valence-electron chi connectivity index (χ3n) is 3.38. The van der Waals surface area contributed by atoms with Crippen LogP contribution in [-0.4, -0.2) is 18.9 Å². The highest BCUT2D eigenvalue weighted by Gasteiger charge is 2.33. The number of Topliss-reactive ketones (excluding diaryl/α,β-unsaturated/α-hetero) is 1. The quantitative estimate of drug-likeness (QED) is 0.802. The second kappa shape index (κ2) is 4.53. The Morgan fingerprint density at radius 1 is 1.35 bits per heavy atom. The first-order chi connectivity index (χ1) is 8.02. The maximum absolute atomic E-state index is 13.8. The molecule has 1 aromatic carbocycles. The standard InChI is InChI=1S/C13H15F2NO/c1-7-3-4-10(14)11(12(7)15)13(17)9-6-16-5-8(9)2/h3-4,8-9,16H,5-6H2,1-2H3. The summed E-state index contributed by atoms with van der Waals surface area (Å²) < 4.78 is 27.4. The van der Waals surface area contributed by atoms with Crippen LogP contribution in [0.15, 0.2) is 12.1 Å². The van der Waals surface area contributed by atoms with Gasteiger partial charge in [0.2, 0.25) is 0 Å². The Morgan fingerprint density at radius 2 is 2.06 bits per heavy atom. The number of hydrogen-bond donors (Lipinski definition) is 1. The third-order valence-corrected chi connectivity index (χ3v) is 3.38. The molecule has 0 saturated carbocycles. The number of hydrogen-bond acceptors (Lipinski definition) is 2. The van der Waals surface area contributed by atoms with Crippen LogP contribution in [0.3, 0.4) is 0 Å². The highest BCUT2D eigenvalue weighted by atomic mass is 19.1. The van der Waals surface area contributed by atoms with Gasteiger partial charge in [0, 0.05) is 12.5 Å². The largest absolute Gasteiger partial charge is 0.316 e. The Bertz CT molecular complexity index is 459. The molecule has 1 aromatic rings. The van der Waals surface area contributed by atoms with Crippen LogP contribution in [0.4, 0.5) is 8.78 Å². The number of halogens is 2. The number of carbonyl (C=O) groups excluding carboxylic acids is 1. The van der Waals surface area contributed by atoms with Gasteiger partial charge in [0.1, 0.15) is 11.6 Å². The predicted molar refractivity (Wildman–Crippen MR) is 60.9 cm³/mol. The summed E-state index contributed by atoms with van der Waals surface area (Å²) in [5.41, 5.74) is -0.0843. The molecule has 4 heteroatoms. The van der Waals surface area contributed by atoms with E-state index in [0.717, 1.165) is 6.07 Å². The van der Waals surface area contributed by atoms with E-state index < -0.39 is 17.4 Å². The minimum absolute atomic E-state index is 0.113. The van der Waals surface area contributed by atoms with Crippen molar-refractivity contribution in [2.75, 3.05) is 13.1 Å². The van der Waals surface area contributed by atoms with Gasteiger partial charge < -0.3 is 5.32 Å². The van der Waals surface area contributed by atoms with Crippen LogP contribution < -0.4 is 5.32 Å². The maximum Gasteiger partial charge on any atom is 0.173 e. The molecule has 92 valence electrons. The molecule has 0 bridgehead atoms. The van der Waals surface area contributed by atoms with E-state index in [0.29, 0.717) is 18.7 Å². The molecule has 1 N–H and O–H groups in total. The van der Waals surface area contributed by atoms with Crippen LogP contribution in [0.25, 0.3) is 0 Å². The van der Waals surface area contributed by atoms with E-state index in [9.17, 15) is 13.6 Å². The van der Waals surface area contributed by atoms with Gasteiger partial charge in [-0.05, 0) is 31.0 Å². The first-order valence-electron chi connectivity index (χ1n) is 5.72. The SMILES string of the molecule is Cc1ccc(F)c(C(=O)C2CNCC2C)c1F. The molecule has 1 fully saturated rings. The first-order valence-corrected chi connectivity index (χ1v) is 5.72. The van der Waals surface area contributed by atoms with E-state index in [1.54, 1.807) is 0 Å². The van der Waals surface area contributed by atoms with E-state index in [2.05, 4.69) is 5.32 Å². The summed E-state index contributed by atoms with van der Waals surface area (Å²) in [5, 5.41) is 3.06. The molecule has 17 heavy (non-hydrogen) atoms. The summed E-state index contributed by atoms with van der Waals surface area (Å²) >= 11 is 0. The molecule has 0 aromatic heterocycles.